The van der Waals surface area contributed by atoms with Gasteiger partial charge in [-0.2, -0.15) is 0 Å². The van der Waals surface area contributed by atoms with Gasteiger partial charge >= 0.3 is 5.97 Å². The molecule has 2 aromatic carbocycles. The van der Waals surface area contributed by atoms with Crippen LogP contribution in [0.25, 0.3) is 21.8 Å². The average Bonchev–Trinajstić information content (AvgIpc) is 3.20. The molecule has 0 aliphatic heterocycles. The monoisotopic (exact) mass is 413 g/mol. The number of carboxylic acids is 1. The van der Waals surface area contributed by atoms with Gasteiger partial charge < -0.3 is 19.7 Å². The summed E-state index contributed by atoms with van der Waals surface area (Å²) in [6.07, 6.45) is 0.521. The molecule has 7 heteroatoms. The van der Waals surface area contributed by atoms with Crippen molar-refractivity contribution in [3.63, 3.8) is 0 Å². The van der Waals surface area contributed by atoms with E-state index in [0.717, 1.165) is 10.6 Å². The number of thiazole rings is 1. The largest absolute Gasteiger partial charge is 0.507 e. The van der Waals surface area contributed by atoms with Crippen LogP contribution >= 0.6 is 11.3 Å². The Balaban J connectivity index is 2.00. The van der Waals surface area contributed by atoms with E-state index in [9.17, 15) is 15.0 Å². The molecule has 0 saturated carbocycles. The molecule has 0 unspecified atom stereocenters. The van der Waals surface area contributed by atoms with Crippen LogP contribution in [0.5, 0.6) is 17.2 Å². The van der Waals surface area contributed by atoms with Crippen molar-refractivity contribution in [1.82, 2.24) is 4.98 Å². The van der Waals surface area contributed by atoms with Crippen molar-refractivity contribution in [2.24, 2.45) is 0 Å². The molecule has 3 rings (SSSR count). The van der Waals surface area contributed by atoms with Gasteiger partial charge in [0.05, 0.1) is 18.9 Å². The zero-order chi connectivity index (χ0) is 21.0. The van der Waals surface area contributed by atoms with Crippen LogP contribution in [0.2, 0.25) is 0 Å². The number of carboxylic acid groups (broad SMARTS) is 1. The van der Waals surface area contributed by atoms with E-state index < -0.39 is 5.97 Å². The normalized spacial score (nSPS) is 10.7. The minimum absolute atomic E-state index is 0.117. The standard InChI is InChI=1S/C22H23NO5S/c1-4-13-9-15(10-16(20(13)24)22(25)26)17-12-29-21(23-17)14-7-8-18(27-5-2)19(11-14)28-6-3/h7-12,24H,4-6H2,1-3H3,(H,25,26). The molecule has 3 aromatic rings. The second-order valence-corrected chi connectivity index (χ2v) is 7.11. The lowest BCUT2D eigenvalue weighted by atomic mass is 10.0. The molecule has 0 bridgehead atoms. The summed E-state index contributed by atoms with van der Waals surface area (Å²) in [7, 11) is 0. The Morgan fingerprint density at radius 3 is 2.41 bits per heavy atom. The van der Waals surface area contributed by atoms with E-state index in [-0.39, 0.29) is 11.3 Å². The maximum absolute atomic E-state index is 11.5. The summed E-state index contributed by atoms with van der Waals surface area (Å²) < 4.78 is 11.3. The lowest BCUT2D eigenvalue weighted by molar-refractivity contribution is 0.0693. The molecule has 0 saturated heterocycles. The van der Waals surface area contributed by atoms with E-state index in [4.69, 9.17) is 9.47 Å². The molecular formula is C22H23NO5S. The Morgan fingerprint density at radius 2 is 1.76 bits per heavy atom. The van der Waals surface area contributed by atoms with Crippen LogP contribution in [0.1, 0.15) is 36.7 Å². The van der Waals surface area contributed by atoms with Gasteiger partial charge in [-0.05, 0) is 56.2 Å². The third-order valence-electron chi connectivity index (χ3n) is 4.39. The third kappa shape index (κ3) is 4.35. The molecule has 0 spiro atoms. The lowest BCUT2D eigenvalue weighted by Crippen LogP contribution is -2.00. The molecule has 1 heterocycles. The first-order valence-corrected chi connectivity index (χ1v) is 10.3. The highest BCUT2D eigenvalue weighted by molar-refractivity contribution is 7.13. The SMILES string of the molecule is CCOc1ccc(-c2nc(-c3cc(CC)c(O)c(C(=O)O)c3)cs2)cc1OCC. The summed E-state index contributed by atoms with van der Waals surface area (Å²) in [5.41, 5.74) is 2.67. The third-order valence-corrected chi connectivity index (χ3v) is 5.28. The number of aromatic carboxylic acids is 1. The first-order valence-electron chi connectivity index (χ1n) is 9.43. The second-order valence-electron chi connectivity index (χ2n) is 6.26. The molecule has 152 valence electrons. The summed E-state index contributed by atoms with van der Waals surface area (Å²) in [5.74, 6) is -0.00351. The lowest BCUT2D eigenvalue weighted by Gasteiger charge is -2.11. The van der Waals surface area contributed by atoms with Crippen LogP contribution in [-0.2, 0) is 6.42 Å². The highest BCUT2D eigenvalue weighted by Gasteiger charge is 2.17. The van der Waals surface area contributed by atoms with Gasteiger partial charge in [0.2, 0.25) is 0 Å². The zero-order valence-corrected chi connectivity index (χ0v) is 17.4. The molecule has 0 fully saturated rings. The molecule has 0 radical (unpaired) electrons. The number of hydrogen-bond acceptors (Lipinski definition) is 6. The quantitative estimate of drug-likeness (QED) is 0.525. The summed E-state index contributed by atoms with van der Waals surface area (Å²) in [6.45, 7) is 6.78. The van der Waals surface area contributed by atoms with Crippen LogP contribution in [-0.4, -0.2) is 34.4 Å². The Morgan fingerprint density at radius 1 is 1.03 bits per heavy atom. The number of phenols is 1. The van der Waals surface area contributed by atoms with Crippen LogP contribution in [0.15, 0.2) is 35.7 Å². The Bertz CT molecular complexity index is 1030. The van der Waals surface area contributed by atoms with Crippen molar-refractivity contribution in [3.8, 4) is 39.1 Å². The van der Waals surface area contributed by atoms with Crippen LogP contribution < -0.4 is 9.47 Å². The van der Waals surface area contributed by atoms with Gasteiger partial charge in [-0.3, -0.25) is 0 Å². The Kier molecular flexibility index (Phi) is 6.39. The topological polar surface area (TPSA) is 88.9 Å². The van der Waals surface area contributed by atoms with Crippen molar-refractivity contribution >= 4 is 17.3 Å². The number of ether oxygens (including phenoxy) is 2. The maximum Gasteiger partial charge on any atom is 0.339 e. The van der Waals surface area contributed by atoms with Crippen LogP contribution in [0.3, 0.4) is 0 Å². The van der Waals surface area contributed by atoms with E-state index >= 15 is 0 Å². The zero-order valence-electron chi connectivity index (χ0n) is 16.6. The van der Waals surface area contributed by atoms with Crippen molar-refractivity contribution in [3.05, 3.63) is 46.8 Å². The van der Waals surface area contributed by atoms with E-state index in [1.54, 1.807) is 6.07 Å². The Labute approximate surface area is 173 Å². The van der Waals surface area contributed by atoms with Gasteiger partial charge in [0.15, 0.2) is 11.5 Å². The molecule has 0 atom stereocenters. The molecular weight excluding hydrogens is 390 g/mol. The second kappa shape index (κ2) is 8.96. The number of carbonyl (C=O) groups is 1. The van der Waals surface area contributed by atoms with Gasteiger partial charge in [-0.1, -0.05) is 6.92 Å². The highest BCUT2D eigenvalue weighted by Crippen LogP contribution is 2.37. The highest BCUT2D eigenvalue weighted by atomic mass is 32.1. The van der Waals surface area contributed by atoms with Gasteiger partial charge in [0.25, 0.3) is 0 Å². The molecule has 1 aromatic heterocycles. The van der Waals surface area contributed by atoms with Gasteiger partial charge in [-0.25, -0.2) is 9.78 Å². The van der Waals surface area contributed by atoms with Crippen molar-refractivity contribution in [2.45, 2.75) is 27.2 Å². The molecule has 0 amide bonds. The van der Waals surface area contributed by atoms with E-state index in [1.165, 1.54) is 17.4 Å². The Hall–Kier alpha value is -3.06. The predicted molar refractivity (Wildman–Crippen MR) is 113 cm³/mol. The van der Waals surface area contributed by atoms with Crippen molar-refractivity contribution in [2.75, 3.05) is 13.2 Å². The van der Waals surface area contributed by atoms with Crippen LogP contribution in [0, 0.1) is 0 Å². The first-order chi connectivity index (χ1) is 14.0. The molecule has 0 aliphatic carbocycles. The first kappa shape index (κ1) is 20.7. The fraction of sp³-hybridized carbons (Fsp3) is 0.273. The van der Waals surface area contributed by atoms with E-state index in [1.807, 2.05) is 44.4 Å². The fourth-order valence-corrected chi connectivity index (χ4v) is 3.82. The molecule has 2 N–H and O–H groups in total. The number of aromatic hydroxyl groups is 1. The molecule has 6 nitrogen and oxygen atoms in total. The number of hydrogen-bond donors (Lipinski definition) is 2. The smallest absolute Gasteiger partial charge is 0.339 e. The van der Waals surface area contributed by atoms with Crippen molar-refractivity contribution < 1.29 is 24.5 Å². The summed E-state index contributed by atoms with van der Waals surface area (Å²) in [5, 5.41) is 22.2. The maximum atomic E-state index is 11.5. The molecule has 0 aliphatic rings. The fourth-order valence-electron chi connectivity index (χ4n) is 3.00. The predicted octanol–water partition coefficient (Wildman–Crippen LogP) is 5.24. The summed E-state index contributed by atoms with van der Waals surface area (Å²) in [6, 6.07) is 8.92. The van der Waals surface area contributed by atoms with Gasteiger partial charge in [0, 0.05) is 16.5 Å². The average molecular weight is 413 g/mol. The van der Waals surface area contributed by atoms with Crippen molar-refractivity contribution in [1.29, 1.82) is 0 Å². The van der Waals surface area contributed by atoms with Gasteiger partial charge in [0.1, 0.15) is 16.3 Å². The summed E-state index contributed by atoms with van der Waals surface area (Å²) >= 11 is 1.46. The molecule has 29 heavy (non-hydrogen) atoms. The van der Waals surface area contributed by atoms with E-state index in [0.29, 0.717) is 48.0 Å². The van der Waals surface area contributed by atoms with Gasteiger partial charge in [-0.15, -0.1) is 11.3 Å². The number of aromatic nitrogens is 1. The number of aryl methyl sites for hydroxylation is 1. The minimum Gasteiger partial charge on any atom is -0.507 e. The summed E-state index contributed by atoms with van der Waals surface area (Å²) in [4.78, 5) is 16.2. The van der Waals surface area contributed by atoms with Crippen LogP contribution in [0.4, 0.5) is 0 Å². The number of benzene rings is 2. The number of nitrogens with zero attached hydrogens (tertiary/aromatic N) is 1. The number of rotatable bonds is 8. The minimum atomic E-state index is -1.16. The van der Waals surface area contributed by atoms with E-state index in [2.05, 4.69) is 4.98 Å².